The van der Waals surface area contributed by atoms with Crippen LogP contribution < -0.4 is 0 Å². The minimum atomic E-state index is -5.06. The summed E-state index contributed by atoms with van der Waals surface area (Å²) in [6, 6.07) is 28.6. The van der Waals surface area contributed by atoms with Crippen molar-refractivity contribution in [2.24, 2.45) is 0 Å². The molecule has 0 spiro atoms. The van der Waals surface area contributed by atoms with Crippen LogP contribution in [0.2, 0.25) is 0 Å². The molecule has 0 bridgehead atoms. The molecule has 5 aromatic carbocycles. The van der Waals surface area contributed by atoms with Crippen LogP contribution in [-0.2, 0) is 12.4 Å². The lowest BCUT2D eigenvalue weighted by Crippen LogP contribution is -2.11. The summed E-state index contributed by atoms with van der Waals surface area (Å²) in [5.74, 6) is 0. The van der Waals surface area contributed by atoms with Gasteiger partial charge < -0.3 is 0 Å². The molecule has 250 valence electrons. The van der Waals surface area contributed by atoms with Crippen LogP contribution in [0.25, 0.3) is 55.7 Å². The zero-order valence-electron chi connectivity index (χ0n) is 27.1. The number of nitriles is 4. The minimum absolute atomic E-state index is 0.00418. The molecule has 0 unspecified atom stereocenters. The average molecular weight is 695 g/mol. The molecule has 0 amide bonds. The van der Waals surface area contributed by atoms with Crippen molar-refractivity contribution in [1.29, 1.82) is 21.0 Å². The van der Waals surface area contributed by atoms with E-state index in [0.29, 0.717) is 56.6 Å². The molecule has 0 N–H and O–H groups in total. The lowest BCUT2D eigenvalue weighted by molar-refractivity contribution is -0.143. The number of halogens is 6. The average Bonchev–Trinajstić information content (AvgIpc) is 3.58. The van der Waals surface area contributed by atoms with Crippen molar-refractivity contribution < 1.29 is 26.3 Å². The number of nitrogens with zero attached hydrogens (tertiary/aromatic N) is 4. The number of benzene rings is 5. The summed E-state index contributed by atoms with van der Waals surface area (Å²) in [7, 11) is 0. The number of alkyl halides is 6. The fourth-order valence-electron chi connectivity index (χ4n) is 7.16. The summed E-state index contributed by atoms with van der Waals surface area (Å²) in [4.78, 5) is 0. The third-order valence-electron chi connectivity index (χ3n) is 9.28. The van der Waals surface area contributed by atoms with Crippen LogP contribution in [0.4, 0.5) is 26.3 Å². The van der Waals surface area contributed by atoms with Crippen molar-refractivity contribution in [2.45, 2.75) is 26.2 Å². The second-order valence-corrected chi connectivity index (χ2v) is 12.6. The molecule has 0 aliphatic heterocycles. The number of rotatable bonds is 2. The molecule has 2 aliphatic carbocycles. The van der Waals surface area contributed by atoms with E-state index in [1.807, 2.05) is 74.5 Å². The topological polar surface area (TPSA) is 95.2 Å². The highest BCUT2D eigenvalue weighted by molar-refractivity contribution is 6.11. The van der Waals surface area contributed by atoms with Gasteiger partial charge in [0.1, 0.15) is 35.4 Å². The Hall–Kier alpha value is -6.88. The first-order chi connectivity index (χ1) is 24.7. The standard InChI is InChI=1S/C42H20F6N4/c1-21-7-22(2)9-25(8-21)23-3-5-31-33-15-38-34(16-37(33)39(35(31)12-23)27(17-49)18-50)32-6-4-24(13-36(32)40(38)28(19-51)20-52)26-10-29(41(43,44)45)14-30(11-26)42(46,47)48/h3-16H,1-2H3. The summed E-state index contributed by atoms with van der Waals surface area (Å²) in [5, 5.41) is 40.2. The van der Waals surface area contributed by atoms with Crippen LogP contribution in [0, 0.1) is 59.2 Å². The van der Waals surface area contributed by atoms with E-state index in [1.54, 1.807) is 12.1 Å². The third-order valence-corrected chi connectivity index (χ3v) is 9.28. The molecule has 4 nitrogen and oxygen atoms in total. The van der Waals surface area contributed by atoms with Gasteiger partial charge in [0.25, 0.3) is 0 Å². The highest BCUT2D eigenvalue weighted by Gasteiger charge is 2.38. The maximum atomic E-state index is 13.7. The van der Waals surface area contributed by atoms with Gasteiger partial charge in [0.05, 0.1) is 11.1 Å². The number of hydrogen-bond donors (Lipinski definition) is 0. The van der Waals surface area contributed by atoms with Crippen molar-refractivity contribution in [2.75, 3.05) is 0 Å². The van der Waals surface area contributed by atoms with E-state index in [2.05, 4.69) is 0 Å². The van der Waals surface area contributed by atoms with Crippen molar-refractivity contribution in [3.05, 3.63) is 141 Å². The van der Waals surface area contributed by atoms with Crippen LogP contribution >= 0.6 is 0 Å². The first-order valence-corrected chi connectivity index (χ1v) is 15.6. The molecule has 0 saturated heterocycles. The van der Waals surface area contributed by atoms with E-state index in [0.717, 1.165) is 22.3 Å². The monoisotopic (exact) mass is 694 g/mol. The first kappa shape index (κ1) is 33.6. The van der Waals surface area contributed by atoms with Crippen LogP contribution in [0.15, 0.2) is 96.1 Å². The third kappa shape index (κ3) is 5.39. The second kappa shape index (κ2) is 11.9. The Morgan fingerprint density at radius 3 is 1.13 bits per heavy atom. The number of aryl methyl sites for hydroxylation is 2. The Morgan fingerprint density at radius 2 is 0.769 bits per heavy atom. The number of allylic oxidation sites excluding steroid dienone is 2. The van der Waals surface area contributed by atoms with Gasteiger partial charge in [-0.15, -0.1) is 0 Å². The van der Waals surface area contributed by atoms with Gasteiger partial charge in [-0.2, -0.15) is 47.4 Å². The van der Waals surface area contributed by atoms with Gasteiger partial charge in [-0.05, 0) is 123 Å². The lowest BCUT2D eigenvalue weighted by atomic mass is 9.93. The van der Waals surface area contributed by atoms with Crippen molar-refractivity contribution in [3.8, 4) is 68.8 Å². The van der Waals surface area contributed by atoms with Crippen LogP contribution in [0.3, 0.4) is 0 Å². The Balaban J connectivity index is 1.46. The summed E-state index contributed by atoms with van der Waals surface area (Å²) >= 11 is 0. The lowest BCUT2D eigenvalue weighted by Gasteiger charge is -2.15. The molecular formula is C42H20F6N4. The fraction of sp³-hybridized carbons (Fsp3) is 0.0952. The zero-order valence-corrected chi connectivity index (χ0v) is 27.1. The van der Waals surface area contributed by atoms with E-state index >= 15 is 0 Å². The molecule has 2 aliphatic rings. The number of fused-ring (bicyclic) bond motifs is 6. The normalized spacial score (nSPS) is 12.5. The van der Waals surface area contributed by atoms with Gasteiger partial charge in [0.2, 0.25) is 0 Å². The smallest absolute Gasteiger partial charge is 0.192 e. The summed E-state index contributed by atoms with van der Waals surface area (Å²) in [6.45, 7) is 3.97. The quantitative estimate of drug-likeness (QED) is 0.133. The van der Waals surface area contributed by atoms with Crippen molar-refractivity contribution in [3.63, 3.8) is 0 Å². The van der Waals surface area contributed by atoms with E-state index in [9.17, 15) is 47.4 Å². The zero-order chi connectivity index (χ0) is 37.3. The molecule has 10 heteroatoms. The van der Waals surface area contributed by atoms with E-state index < -0.39 is 23.5 Å². The molecule has 0 aromatic heterocycles. The molecule has 7 rings (SSSR count). The number of hydrogen-bond acceptors (Lipinski definition) is 4. The molecule has 0 heterocycles. The Morgan fingerprint density at radius 1 is 0.404 bits per heavy atom. The Bertz CT molecular complexity index is 2580. The predicted octanol–water partition coefficient (Wildman–Crippen LogP) is 11.3. The molecule has 5 aromatic rings. The van der Waals surface area contributed by atoms with Crippen LogP contribution in [0.5, 0.6) is 0 Å². The summed E-state index contributed by atoms with van der Waals surface area (Å²) in [6.07, 6.45) is -10.1. The van der Waals surface area contributed by atoms with Crippen LogP contribution in [-0.4, -0.2) is 0 Å². The van der Waals surface area contributed by atoms with Gasteiger partial charge in [-0.1, -0.05) is 53.6 Å². The predicted molar refractivity (Wildman–Crippen MR) is 182 cm³/mol. The molecule has 0 saturated carbocycles. The van der Waals surface area contributed by atoms with Gasteiger partial charge in [-0.3, -0.25) is 0 Å². The fourth-order valence-corrected chi connectivity index (χ4v) is 7.16. The second-order valence-electron chi connectivity index (χ2n) is 12.6. The van der Waals surface area contributed by atoms with Crippen LogP contribution in [0.1, 0.15) is 44.5 Å². The minimum Gasteiger partial charge on any atom is -0.192 e. The largest absolute Gasteiger partial charge is 0.416 e. The van der Waals surface area contributed by atoms with E-state index in [1.165, 1.54) is 18.2 Å². The molecular weight excluding hydrogens is 674 g/mol. The highest BCUT2D eigenvalue weighted by Crippen LogP contribution is 2.54. The van der Waals surface area contributed by atoms with Gasteiger partial charge in [-0.25, -0.2) is 0 Å². The highest BCUT2D eigenvalue weighted by atomic mass is 19.4. The van der Waals surface area contributed by atoms with Gasteiger partial charge >= 0.3 is 12.4 Å². The van der Waals surface area contributed by atoms with Crippen molar-refractivity contribution in [1.82, 2.24) is 0 Å². The molecule has 0 atom stereocenters. The van der Waals surface area contributed by atoms with Gasteiger partial charge in [0.15, 0.2) is 0 Å². The maximum Gasteiger partial charge on any atom is 0.416 e. The molecule has 0 fully saturated rings. The molecule has 52 heavy (non-hydrogen) atoms. The summed E-state index contributed by atoms with van der Waals surface area (Å²) in [5.41, 5.74) is 4.87. The SMILES string of the molecule is Cc1cc(C)cc(-c2ccc3c(c2)C(=C(C#N)C#N)c2cc4c(cc2-3)C(=C(C#N)C#N)c2cc(-c3cc(C(F)(F)F)cc(C(F)(F)F)c3)ccc2-4)c1. The summed E-state index contributed by atoms with van der Waals surface area (Å²) < 4.78 is 82.3. The Labute approximate surface area is 293 Å². The van der Waals surface area contributed by atoms with E-state index in [-0.39, 0.29) is 39.5 Å². The van der Waals surface area contributed by atoms with E-state index in [4.69, 9.17) is 0 Å². The Kier molecular flexibility index (Phi) is 7.67. The van der Waals surface area contributed by atoms with Gasteiger partial charge in [0, 0.05) is 11.1 Å². The first-order valence-electron chi connectivity index (χ1n) is 15.6. The maximum absolute atomic E-state index is 13.7. The molecule has 0 radical (unpaired) electrons. The van der Waals surface area contributed by atoms with Crippen molar-refractivity contribution >= 4 is 11.1 Å².